The Morgan fingerprint density at radius 3 is 2.75 bits per heavy atom. The highest BCUT2D eigenvalue weighted by Crippen LogP contribution is 2.33. The predicted molar refractivity (Wildman–Crippen MR) is 83.4 cm³/mol. The van der Waals surface area contributed by atoms with Crippen LogP contribution in [0.5, 0.6) is 5.75 Å². The van der Waals surface area contributed by atoms with Gasteiger partial charge < -0.3 is 14.8 Å². The van der Waals surface area contributed by atoms with Gasteiger partial charge in [0.05, 0.1) is 21.2 Å². The van der Waals surface area contributed by atoms with Crippen LogP contribution in [0.15, 0.2) is 12.1 Å². The van der Waals surface area contributed by atoms with E-state index in [2.05, 4.69) is 12.2 Å². The van der Waals surface area contributed by atoms with E-state index in [0.29, 0.717) is 39.6 Å². The third-order valence-electron chi connectivity index (χ3n) is 3.32. The molecule has 112 valence electrons. The molecule has 20 heavy (non-hydrogen) atoms. The molecule has 2 atom stereocenters. The average molecular weight is 339 g/mol. The minimum Gasteiger partial charge on any atom is -0.491 e. The van der Waals surface area contributed by atoms with Crippen LogP contribution in [0, 0.1) is 0 Å². The van der Waals surface area contributed by atoms with E-state index >= 15 is 0 Å². The molecule has 0 amide bonds. The normalized spacial score (nSPS) is 20.1. The van der Waals surface area contributed by atoms with E-state index in [9.17, 15) is 0 Å². The molecule has 0 aromatic heterocycles. The maximum absolute atomic E-state index is 6.04. The molecular weight excluding hydrogens is 321 g/mol. The summed E-state index contributed by atoms with van der Waals surface area (Å²) in [5, 5.41) is 4.71. The maximum atomic E-state index is 6.04. The zero-order valence-corrected chi connectivity index (χ0v) is 13.6. The second kappa shape index (κ2) is 7.71. The van der Waals surface area contributed by atoms with Crippen molar-refractivity contribution in [1.82, 2.24) is 5.32 Å². The standard InChI is InChI=1S/C14H18Cl3NO2/c1-9(13-3-2-5-19-13)18-4-6-20-14-8-11(16)10(15)7-12(14)17/h7-9,13,18H,2-6H2,1H3. The summed E-state index contributed by atoms with van der Waals surface area (Å²) < 4.78 is 11.2. The number of halogens is 3. The van der Waals surface area contributed by atoms with Crippen LogP contribution in [-0.4, -0.2) is 31.9 Å². The lowest BCUT2D eigenvalue weighted by molar-refractivity contribution is 0.0824. The summed E-state index contributed by atoms with van der Waals surface area (Å²) in [6, 6.07) is 3.55. The van der Waals surface area contributed by atoms with Crippen molar-refractivity contribution in [3.05, 3.63) is 27.2 Å². The number of nitrogens with one attached hydrogen (secondary N) is 1. The van der Waals surface area contributed by atoms with E-state index in [1.807, 2.05) is 0 Å². The molecule has 2 rings (SSSR count). The molecule has 0 bridgehead atoms. The van der Waals surface area contributed by atoms with E-state index in [1.165, 1.54) is 0 Å². The number of ether oxygens (including phenoxy) is 2. The van der Waals surface area contributed by atoms with Gasteiger partial charge in [0.1, 0.15) is 12.4 Å². The second-order valence-electron chi connectivity index (χ2n) is 4.84. The SMILES string of the molecule is CC(NCCOc1cc(Cl)c(Cl)cc1Cl)C1CCCO1. The van der Waals surface area contributed by atoms with Crippen LogP contribution < -0.4 is 10.1 Å². The monoisotopic (exact) mass is 337 g/mol. The van der Waals surface area contributed by atoms with Crippen LogP contribution in [0.2, 0.25) is 15.1 Å². The fourth-order valence-electron chi connectivity index (χ4n) is 2.19. The van der Waals surface area contributed by atoms with Gasteiger partial charge in [0.25, 0.3) is 0 Å². The van der Waals surface area contributed by atoms with Crippen LogP contribution >= 0.6 is 34.8 Å². The molecule has 1 heterocycles. The zero-order chi connectivity index (χ0) is 14.5. The number of benzene rings is 1. The summed E-state index contributed by atoms with van der Waals surface area (Å²) in [7, 11) is 0. The molecule has 0 aliphatic carbocycles. The highest BCUT2D eigenvalue weighted by atomic mass is 35.5. The first-order valence-corrected chi connectivity index (χ1v) is 7.83. The Bertz CT molecular complexity index is 450. The fraction of sp³-hybridized carbons (Fsp3) is 0.571. The van der Waals surface area contributed by atoms with Crippen molar-refractivity contribution in [2.24, 2.45) is 0 Å². The first-order valence-electron chi connectivity index (χ1n) is 6.70. The van der Waals surface area contributed by atoms with Crippen molar-refractivity contribution >= 4 is 34.8 Å². The van der Waals surface area contributed by atoms with Gasteiger partial charge in [0.2, 0.25) is 0 Å². The van der Waals surface area contributed by atoms with Crippen molar-refractivity contribution in [3.8, 4) is 5.75 Å². The van der Waals surface area contributed by atoms with Crippen molar-refractivity contribution in [1.29, 1.82) is 0 Å². The second-order valence-corrected chi connectivity index (χ2v) is 6.06. The van der Waals surface area contributed by atoms with Gasteiger partial charge in [0, 0.05) is 25.3 Å². The van der Waals surface area contributed by atoms with Gasteiger partial charge in [-0.15, -0.1) is 0 Å². The van der Waals surface area contributed by atoms with Gasteiger partial charge in [-0.05, 0) is 25.8 Å². The van der Waals surface area contributed by atoms with Gasteiger partial charge in [-0.25, -0.2) is 0 Å². The Morgan fingerprint density at radius 1 is 1.30 bits per heavy atom. The summed E-state index contributed by atoms with van der Waals surface area (Å²) in [5.41, 5.74) is 0. The van der Waals surface area contributed by atoms with Gasteiger partial charge in [0.15, 0.2) is 0 Å². The Morgan fingerprint density at radius 2 is 2.05 bits per heavy atom. The molecule has 1 aromatic carbocycles. The maximum Gasteiger partial charge on any atom is 0.139 e. The molecule has 1 aromatic rings. The lowest BCUT2D eigenvalue weighted by Gasteiger charge is -2.20. The molecule has 1 aliphatic heterocycles. The molecular formula is C14H18Cl3NO2. The smallest absolute Gasteiger partial charge is 0.139 e. The number of rotatable bonds is 6. The summed E-state index contributed by atoms with van der Waals surface area (Å²) in [4.78, 5) is 0. The highest BCUT2D eigenvalue weighted by Gasteiger charge is 2.21. The molecule has 0 spiro atoms. The largest absolute Gasteiger partial charge is 0.491 e. The van der Waals surface area contributed by atoms with E-state index in [4.69, 9.17) is 44.3 Å². The molecule has 6 heteroatoms. The summed E-state index contributed by atoms with van der Waals surface area (Å²) in [6.45, 7) is 4.22. The van der Waals surface area contributed by atoms with Crippen molar-refractivity contribution < 1.29 is 9.47 Å². The lowest BCUT2D eigenvalue weighted by Crippen LogP contribution is -2.39. The Kier molecular flexibility index (Phi) is 6.24. The minimum atomic E-state index is 0.309. The molecule has 2 unspecified atom stereocenters. The molecule has 1 saturated heterocycles. The van der Waals surface area contributed by atoms with Gasteiger partial charge in [-0.2, -0.15) is 0 Å². The molecule has 0 saturated carbocycles. The van der Waals surface area contributed by atoms with Crippen LogP contribution in [0.1, 0.15) is 19.8 Å². The lowest BCUT2D eigenvalue weighted by atomic mass is 10.1. The van der Waals surface area contributed by atoms with Crippen molar-refractivity contribution in [2.75, 3.05) is 19.8 Å². The molecule has 1 fully saturated rings. The van der Waals surface area contributed by atoms with E-state index in [-0.39, 0.29) is 0 Å². The molecule has 1 N–H and O–H groups in total. The number of hydrogen-bond acceptors (Lipinski definition) is 3. The summed E-state index contributed by atoms with van der Waals surface area (Å²) in [5.74, 6) is 0.549. The third-order valence-corrected chi connectivity index (χ3v) is 4.34. The summed E-state index contributed by atoms with van der Waals surface area (Å²) >= 11 is 17.8. The van der Waals surface area contributed by atoms with Crippen molar-refractivity contribution in [2.45, 2.75) is 31.9 Å². The van der Waals surface area contributed by atoms with Gasteiger partial charge in [-0.3, -0.25) is 0 Å². The van der Waals surface area contributed by atoms with Crippen LogP contribution in [0.25, 0.3) is 0 Å². The quantitative estimate of drug-likeness (QED) is 0.623. The molecule has 1 aliphatic rings. The number of hydrogen-bond donors (Lipinski definition) is 1. The topological polar surface area (TPSA) is 30.5 Å². The predicted octanol–water partition coefficient (Wildman–Crippen LogP) is 4.18. The third kappa shape index (κ3) is 4.40. The van der Waals surface area contributed by atoms with Gasteiger partial charge in [-0.1, -0.05) is 34.8 Å². The zero-order valence-electron chi connectivity index (χ0n) is 11.3. The Balaban J connectivity index is 1.74. The Labute approximate surface area is 134 Å². The highest BCUT2D eigenvalue weighted by molar-refractivity contribution is 6.43. The summed E-state index contributed by atoms with van der Waals surface area (Å²) in [6.07, 6.45) is 2.57. The minimum absolute atomic E-state index is 0.309. The molecule has 0 radical (unpaired) electrons. The first kappa shape index (κ1) is 16.2. The van der Waals surface area contributed by atoms with Gasteiger partial charge >= 0.3 is 0 Å². The fourth-order valence-corrected chi connectivity index (χ4v) is 2.78. The van der Waals surface area contributed by atoms with E-state index in [0.717, 1.165) is 26.0 Å². The van der Waals surface area contributed by atoms with Crippen LogP contribution in [-0.2, 0) is 4.74 Å². The van der Waals surface area contributed by atoms with Crippen molar-refractivity contribution in [3.63, 3.8) is 0 Å². The first-order chi connectivity index (χ1) is 9.58. The van der Waals surface area contributed by atoms with Crippen LogP contribution in [0.4, 0.5) is 0 Å². The van der Waals surface area contributed by atoms with Crippen LogP contribution in [0.3, 0.4) is 0 Å². The molecule has 3 nitrogen and oxygen atoms in total. The Hall–Kier alpha value is -0.190. The average Bonchev–Trinajstić information content (AvgIpc) is 2.94. The van der Waals surface area contributed by atoms with E-state index in [1.54, 1.807) is 12.1 Å². The van der Waals surface area contributed by atoms with E-state index < -0.39 is 0 Å².